The van der Waals surface area contributed by atoms with Crippen molar-refractivity contribution in [3.63, 3.8) is 0 Å². The Morgan fingerprint density at radius 1 is 1.04 bits per heavy atom. The largest absolute Gasteiger partial charge is 0.371 e. The molecule has 0 unspecified atom stereocenters. The first-order valence-corrected chi connectivity index (χ1v) is 9.27. The van der Waals surface area contributed by atoms with E-state index in [2.05, 4.69) is 22.0 Å². The molecule has 4 nitrogen and oxygen atoms in total. The highest BCUT2D eigenvalue weighted by molar-refractivity contribution is 6.42. The average molecular weight is 375 g/mol. The van der Waals surface area contributed by atoms with E-state index >= 15 is 0 Å². The van der Waals surface area contributed by atoms with Crippen molar-refractivity contribution in [2.75, 3.05) is 18.4 Å². The highest BCUT2D eigenvalue weighted by Crippen LogP contribution is 2.36. The maximum absolute atomic E-state index is 6.13. The number of amidine groups is 1. The molecule has 1 saturated heterocycles. The van der Waals surface area contributed by atoms with Crippen molar-refractivity contribution in [3.05, 3.63) is 58.1 Å². The van der Waals surface area contributed by atoms with Crippen molar-refractivity contribution in [2.45, 2.75) is 24.9 Å². The Labute approximate surface area is 157 Å². The van der Waals surface area contributed by atoms with Crippen LogP contribution >= 0.6 is 23.2 Å². The lowest BCUT2D eigenvalue weighted by Crippen LogP contribution is -2.58. The molecule has 1 spiro atoms. The molecule has 0 saturated carbocycles. The summed E-state index contributed by atoms with van der Waals surface area (Å²) in [6.07, 6.45) is 1.99. The molecular formula is C19H20Cl2N4. The summed E-state index contributed by atoms with van der Waals surface area (Å²) in [5.41, 5.74) is 3.02. The summed E-state index contributed by atoms with van der Waals surface area (Å²) in [5, 5.41) is 11.9. The molecule has 2 heterocycles. The fraction of sp³-hybridized carbons (Fsp3) is 0.316. The van der Waals surface area contributed by atoms with Gasteiger partial charge in [-0.25, -0.2) is 4.99 Å². The first kappa shape index (κ1) is 16.7. The zero-order valence-corrected chi connectivity index (χ0v) is 15.3. The fourth-order valence-corrected chi connectivity index (χ4v) is 3.80. The second-order valence-corrected chi connectivity index (χ2v) is 7.35. The maximum atomic E-state index is 6.13. The lowest BCUT2D eigenvalue weighted by molar-refractivity contribution is 0.412. The van der Waals surface area contributed by atoms with Gasteiger partial charge in [-0.1, -0.05) is 41.4 Å². The molecule has 2 aromatic carbocycles. The van der Waals surface area contributed by atoms with Crippen LogP contribution < -0.4 is 16.0 Å². The van der Waals surface area contributed by atoms with Gasteiger partial charge in [0.25, 0.3) is 0 Å². The van der Waals surface area contributed by atoms with Gasteiger partial charge in [-0.2, -0.15) is 0 Å². The van der Waals surface area contributed by atoms with E-state index < -0.39 is 0 Å². The predicted octanol–water partition coefficient (Wildman–Crippen LogP) is 4.36. The zero-order valence-electron chi connectivity index (χ0n) is 13.8. The molecule has 130 valence electrons. The third kappa shape index (κ3) is 3.34. The van der Waals surface area contributed by atoms with Gasteiger partial charge < -0.3 is 16.0 Å². The van der Waals surface area contributed by atoms with Crippen LogP contribution in [-0.2, 0) is 6.54 Å². The van der Waals surface area contributed by atoms with Gasteiger partial charge in [0.15, 0.2) is 0 Å². The van der Waals surface area contributed by atoms with Crippen LogP contribution in [0.15, 0.2) is 47.5 Å². The number of anilines is 1. The Kier molecular flexibility index (Phi) is 4.59. The van der Waals surface area contributed by atoms with E-state index in [0.717, 1.165) is 48.7 Å². The highest BCUT2D eigenvalue weighted by Gasteiger charge is 2.40. The van der Waals surface area contributed by atoms with E-state index in [1.165, 1.54) is 0 Å². The van der Waals surface area contributed by atoms with E-state index in [1.807, 2.05) is 36.4 Å². The smallest absolute Gasteiger partial charge is 0.128 e. The van der Waals surface area contributed by atoms with Crippen LogP contribution in [0, 0.1) is 0 Å². The number of aliphatic imine (C=N–C) groups is 1. The summed E-state index contributed by atoms with van der Waals surface area (Å²) >= 11 is 12.1. The van der Waals surface area contributed by atoms with Gasteiger partial charge in [-0.15, -0.1) is 0 Å². The molecule has 0 amide bonds. The molecule has 0 bridgehead atoms. The van der Waals surface area contributed by atoms with Crippen LogP contribution in [-0.4, -0.2) is 24.5 Å². The topological polar surface area (TPSA) is 48.5 Å². The number of hydrogen-bond acceptors (Lipinski definition) is 4. The Balaban J connectivity index is 1.62. The van der Waals surface area contributed by atoms with Crippen molar-refractivity contribution in [2.24, 2.45) is 4.99 Å². The van der Waals surface area contributed by atoms with Gasteiger partial charge in [0.2, 0.25) is 0 Å². The van der Waals surface area contributed by atoms with Gasteiger partial charge in [-0.05, 0) is 55.8 Å². The molecule has 2 aliphatic rings. The van der Waals surface area contributed by atoms with Crippen LogP contribution in [0.5, 0.6) is 0 Å². The Morgan fingerprint density at radius 2 is 1.84 bits per heavy atom. The van der Waals surface area contributed by atoms with Crippen LogP contribution in [0.25, 0.3) is 0 Å². The molecule has 4 rings (SSSR count). The number of nitrogens with zero attached hydrogens (tertiary/aromatic N) is 1. The third-order valence-corrected chi connectivity index (χ3v) is 5.60. The Morgan fingerprint density at radius 3 is 2.64 bits per heavy atom. The summed E-state index contributed by atoms with van der Waals surface area (Å²) in [5.74, 6) is 0.999. The van der Waals surface area contributed by atoms with Crippen LogP contribution in [0.2, 0.25) is 10.0 Å². The highest BCUT2D eigenvalue weighted by atomic mass is 35.5. The Hall–Kier alpha value is -1.75. The number of nitrogens with one attached hydrogen (secondary N) is 3. The Bertz CT molecular complexity index is 813. The second-order valence-electron chi connectivity index (χ2n) is 6.54. The normalized spacial score (nSPS) is 18.2. The average Bonchev–Trinajstić information content (AvgIpc) is 2.63. The fourth-order valence-electron chi connectivity index (χ4n) is 3.48. The van der Waals surface area contributed by atoms with Crippen molar-refractivity contribution >= 4 is 40.4 Å². The van der Waals surface area contributed by atoms with E-state index in [9.17, 15) is 0 Å². The van der Waals surface area contributed by atoms with E-state index in [0.29, 0.717) is 16.6 Å². The first-order chi connectivity index (χ1) is 12.2. The molecule has 0 atom stereocenters. The van der Waals surface area contributed by atoms with Crippen molar-refractivity contribution < 1.29 is 0 Å². The quantitative estimate of drug-likeness (QED) is 0.731. The molecule has 2 aromatic rings. The molecule has 6 heteroatoms. The summed E-state index contributed by atoms with van der Waals surface area (Å²) in [4.78, 5) is 4.93. The van der Waals surface area contributed by atoms with E-state index in [1.54, 1.807) is 0 Å². The van der Waals surface area contributed by atoms with Gasteiger partial charge in [0, 0.05) is 6.54 Å². The SMILES string of the molecule is Clc1ccc(CNC2=Nc3ccccc3NC23CCNCC3)cc1Cl. The van der Waals surface area contributed by atoms with Crippen LogP contribution in [0.3, 0.4) is 0 Å². The van der Waals surface area contributed by atoms with Gasteiger partial charge in [-0.3, -0.25) is 0 Å². The number of hydrogen-bond donors (Lipinski definition) is 3. The van der Waals surface area contributed by atoms with Gasteiger partial charge >= 0.3 is 0 Å². The van der Waals surface area contributed by atoms with Crippen molar-refractivity contribution in [1.82, 2.24) is 10.6 Å². The molecule has 0 aliphatic carbocycles. The molecule has 2 aliphatic heterocycles. The molecule has 3 N–H and O–H groups in total. The first-order valence-electron chi connectivity index (χ1n) is 8.51. The lowest BCUT2D eigenvalue weighted by Gasteiger charge is -2.43. The number of para-hydroxylation sites is 2. The van der Waals surface area contributed by atoms with Gasteiger partial charge in [0.05, 0.1) is 27.0 Å². The van der Waals surface area contributed by atoms with Crippen LogP contribution in [0.4, 0.5) is 11.4 Å². The maximum Gasteiger partial charge on any atom is 0.128 e. The number of rotatable bonds is 2. The number of fused-ring (bicyclic) bond motifs is 1. The summed E-state index contributed by atoms with van der Waals surface area (Å²) < 4.78 is 0. The van der Waals surface area contributed by atoms with Crippen molar-refractivity contribution in [3.8, 4) is 0 Å². The summed E-state index contributed by atoms with van der Waals surface area (Å²) in [6.45, 7) is 2.61. The second kappa shape index (κ2) is 6.87. The molecule has 25 heavy (non-hydrogen) atoms. The molecule has 0 radical (unpaired) electrons. The molecular weight excluding hydrogens is 355 g/mol. The zero-order chi connectivity index (χ0) is 17.3. The lowest BCUT2D eigenvalue weighted by atomic mass is 9.85. The standard InChI is InChI=1S/C19H20Cl2N4/c20-14-6-5-13(11-15(14)21)12-23-18-19(7-9-22-10-8-19)25-17-4-2-1-3-16(17)24-18/h1-6,11,22,25H,7-10,12H2,(H,23,24). The summed E-state index contributed by atoms with van der Waals surface area (Å²) in [7, 11) is 0. The minimum Gasteiger partial charge on any atom is -0.371 e. The number of benzene rings is 2. The van der Waals surface area contributed by atoms with Crippen molar-refractivity contribution in [1.29, 1.82) is 0 Å². The minimum absolute atomic E-state index is 0.143. The van der Waals surface area contributed by atoms with E-state index in [-0.39, 0.29) is 5.54 Å². The van der Waals surface area contributed by atoms with E-state index in [4.69, 9.17) is 28.2 Å². The molecule has 0 aromatic heterocycles. The predicted molar refractivity (Wildman–Crippen MR) is 105 cm³/mol. The summed E-state index contributed by atoms with van der Waals surface area (Å²) in [6, 6.07) is 13.9. The third-order valence-electron chi connectivity index (χ3n) is 4.86. The van der Waals surface area contributed by atoms with Crippen LogP contribution in [0.1, 0.15) is 18.4 Å². The van der Waals surface area contributed by atoms with Gasteiger partial charge in [0.1, 0.15) is 5.84 Å². The minimum atomic E-state index is -0.143. The number of piperidine rings is 1. The molecule has 1 fully saturated rings. The number of halogens is 2. The monoisotopic (exact) mass is 374 g/mol.